The van der Waals surface area contributed by atoms with Crippen LogP contribution in [0.15, 0.2) is 59.1 Å². The predicted molar refractivity (Wildman–Crippen MR) is 116 cm³/mol. The SMILES string of the molecule is COc1cc(-c2cc3nccc(Nc4cccc(C(=O)O)c4)c3o2)cc(OC)c1OC. The Hall–Kier alpha value is -4.20. The van der Waals surface area contributed by atoms with Crippen LogP contribution in [0.4, 0.5) is 11.4 Å². The van der Waals surface area contributed by atoms with Gasteiger partial charge in [-0.3, -0.25) is 4.98 Å². The molecule has 0 saturated heterocycles. The van der Waals surface area contributed by atoms with Crippen molar-refractivity contribution in [3.05, 3.63) is 60.3 Å². The molecule has 4 aromatic rings. The summed E-state index contributed by atoms with van der Waals surface area (Å²) in [5.41, 5.74) is 3.37. The van der Waals surface area contributed by atoms with Crippen molar-refractivity contribution in [1.29, 1.82) is 0 Å². The fraction of sp³-hybridized carbons (Fsp3) is 0.130. The molecule has 0 spiro atoms. The number of pyridine rings is 1. The Labute approximate surface area is 178 Å². The number of hydrogen-bond donors (Lipinski definition) is 2. The zero-order valence-corrected chi connectivity index (χ0v) is 17.1. The molecular weight excluding hydrogens is 400 g/mol. The minimum absolute atomic E-state index is 0.188. The standard InChI is InChI=1S/C23H20N2O6/c1-28-19-10-14(11-20(29-2)22(19)30-3)18-12-17-21(31-18)16(7-8-24-17)25-15-6-4-5-13(9-15)23(26)27/h4-12H,1-3H3,(H,24,25)(H,26,27). The number of carbonyl (C=O) groups is 1. The molecule has 2 aromatic carbocycles. The van der Waals surface area contributed by atoms with Crippen LogP contribution in [0.25, 0.3) is 22.4 Å². The fourth-order valence-electron chi connectivity index (χ4n) is 3.29. The third-order valence-electron chi connectivity index (χ3n) is 4.75. The Balaban J connectivity index is 1.76. The van der Waals surface area contributed by atoms with Crippen LogP contribution in [0.1, 0.15) is 10.4 Å². The van der Waals surface area contributed by atoms with Gasteiger partial charge in [0.2, 0.25) is 5.75 Å². The van der Waals surface area contributed by atoms with Crippen LogP contribution in [-0.2, 0) is 0 Å². The first-order chi connectivity index (χ1) is 15.0. The van der Waals surface area contributed by atoms with Crippen molar-refractivity contribution in [2.45, 2.75) is 0 Å². The molecule has 31 heavy (non-hydrogen) atoms. The van der Waals surface area contributed by atoms with Crippen LogP contribution in [0, 0.1) is 0 Å². The third-order valence-corrected chi connectivity index (χ3v) is 4.75. The molecule has 8 nitrogen and oxygen atoms in total. The summed E-state index contributed by atoms with van der Waals surface area (Å²) in [6, 6.07) is 13.7. The van der Waals surface area contributed by atoms with E-state index in [4.69, 9.17) is 18.6 Å². The van der Waals surface area contributed by atoms with E-state index in [1.807, 2.05) is 6.07 Å². The number of nitrogens with zero attached hydrogens (tertiary/aromatic N) is 1. The summed E-state index contributed by atoms with van der Waals surface area (Å²) in [5, 5.41) is 12.4. The highest BCUT2D eigenvalue weighted by molar-refractivity contribution is 5.93. The van der Waals surface area contributed by atoms with Crippen molar-refractivity contribution in [3.63, 3.8) is 0 Å². The highest BCUT2D eigenvalue weighted by atomic mass is 16.5. The van der Waals surface area contributed by atoms with Crippen LogP contribution < -0.4 is 19.5 Å². The zero-order valence-electron chi connectivity index (χ0n) is 17.1. The minimum Gasteiger partial charge on any atom is -0.493 e. The summed E-state index contributed by atoms with van der Waals surface area (Å²) >= 11 is 0. The van der Waals surface area contributed by atoms with Gasteiger partial charge in [0.05, 0.1) is 32.6 Å². The van der Waals surface area contributed by atoms with Crippen molar-refractivity contribution < 1.29 is 28.5 Å². The van der Waals surface area contributed by atoms with E-state index in [0.717, 1.165) is 5.56 Å². The second-order valence-corrected chi connectivity index (χ2v) is 6.61. The summed E-state index contributed by atoms with van der Waals surface area (Å²) in [4.78, 5) is 15.6. The van der Waals surface area contributed by atoms with Crippen LogP contribution in [0.2, 0.25) is 0 Å². The summed E-state index contributed by atoms with van der Waals surface area (Å²) < 4.78 is 22.3. The van der Waals surface area contributed by atoms with Gasteiger partial charge in [0.15, 0.2) is 17.1 Å². The molecule has 0 amide bonds. The van der Waals surface area contributed by atoms with Crippen molar-refractivity contribution in [1.82, 2.24) is 4.98 Å². The summed E-state index contributed by atoms with van der Waals surface area (Å²) in [5.74, 6) is 1.08. The number of carboxylic acids is 1. The number of rotatable bonds is 7. The van der Waals surface area contributed by atoms with E-state index in [1.165, 1.54) is 6.07 Å². The fourth-order valence-corrected chi connectivity index (χ4v) is 3.29. The first kappa shape index (κ1) is 20.1. The van der Waals surface area contributed by atoms with Gasteiger partial charge in [0.1, 0.15) is 11.3 Å². The Kier molecular flexibility index (Phi) is 5.36. The Bertz CT molecular complexity index is 1240. The number of methoxy groups -OCH3 is 3. The summed E-state index contributed by atoms with van der Waals surface area (Å²) in [6.07, 6.45) is 1.65. The predicted octanol–water partition coefficient (Wildman–Crippen LogP) is 4.96. The molecule has 158 valence electrons. The van der Waals surface area contributed by atoms with Gasteiger partial charge in [-0.1, -0.05) is 6.07 Å². The van der Waals surface area contributed by atoms with Crippen LogP contribution >= 0.6 is 0 Å². The van der Waals surface area contributed by atoms with Crippen LogP contribution in [0.5, 0.6) is 17.2 Å². The second kappa shape index (κ2) is 8.27. The van der Waals surface area contributed by atoms with E-state index in [2.05, 4.69) is 10.3 Å². The first-order valence-corrected chi connectivity index (χ1v) is 9.33. The highest BCUT2D eigenvalue weighted by Gasteiger charge is 2.18. The van der Waals surface area contributed by atoms with Crippen molar-refractivity contribution in [3.8, 4) is 28.6 Å². The van der Waals surface area contributed by atoms with Crippen LogP contribution in [-0.4, -0.2) is 37.4 Å². The number of fused-ring (bicyclic) bond motifs is 1. The molecule has 2 aromatic heterocycles. The molecule has 0 aliphatic carbocycles. The molecule has 2 N–H and O–H groups in total. The molecule has 0 bridgehead atoms. The van der Waals surface area contributed by atoms with E-state index >= 15 is 0 Å². The van der Waals surface area contributed by atoms with E-state index in [9.17, 15) is 9.90 Å². The number of carboxylic acid groups (broad SMARTS) is 1. The number of hydrogen-bond acceptors (Lipinski definition) is 7. The Morgan fingerprint density at radius 2 is 1.74 bits per heavy atom. The summed E-state index contributed by atoms with van der Waals surface area (Å²) in [7, 11) is 4.64. The number of aromatic nitrogens is 1. The first-order valence-electron chi connectivity index (χ1n) is 9.33. The zero-order chi connectivity index (χ0) is 22.0. The quantitative estimate of drug-likeness (QED) is 0.432. The molecular formula is C23H20N2O6. The number of benzene rings is 2. The van der Waals surface area contributed by atoms with Gasteiger partial charge in [-0.15, -0.1) is 0 Å². The number of nitrogens with one attached hydrogen (secondary N) is 1. The smallest absolute Gasteiger partial charge is 0.335 e. The lowest BCUT2D eigenvalue weighted by Crippen LogP contribution is -1.98. The maximum absolute atomic E-state index is 11.2. The molecule has 0 fully saturated rings. The largest absolute Gasteiger partial charge is 0.493 e. The van der Waals surface area contributed by atoms with Crippen molar-refractivity contribution in [2.24, 2.45) is 0 Å². The van der Waals surface area contributed by atoms with Gasteiger partial charge in [-0.2, -0.15) is 0 Å². The van der Waals surface area contributed by atoms with Gasteiger partial charge in [0.25, 0.3) is 0 Å². The number of furan rings is 1. The highest BCUT2D eigenvalue weighted by Crippen LogP contribution is 2.42. The van der Waals surface area contributed by atoms with E-state index in [-0.39, 0.29) is 5.56 Å². The maximum atomic E-state index is 11.2. The topological polar surface area (TPSA) is 103 Å². The normalized spacial score (nSPS) is 10.7. The molecule has 0 radical (unpaired) electrons. The molecule has 2 heterocycles. The third kappa shape index (κ3) is 3.83. The molecule has 0 unspecified atom stereocenters. The van der Waals surface area contributed by atoms with E-state index in [0.29, 0.717) is 45.5 Å². The lowest BCUT2D eigenvalue weighted by molar-refractivity contribution is 0.0697. The lowest BCUT2D eigenvalue weighted by atomic mass is 10.1. The molecule has 8 heteroatoms. The van der Waals surface area contributed by atoms with Gasteiger partial charge in [-0.25, -0.2) is 4.79 Å². The number of anilines is 2. The van der Waals surface area contributed by atoms with Crippen molar-refractivity contribution in [2.75, 3.05) is 26.6 Å². The average molecular weight is 420 g/mol. The average Bonchev–Trinajstić information content (AvgIpc) is 3.23. The Morgan fingerprint density at radius 3 is 2.39 bits per heavy atom. The maximum Gasteiger partial charge on any atom is 0.335 e. The van der Waals surface area contributed by atoms with Gasteiger partial charge in [-0.05, 0) is 36.4 Å². The van der Waals surface area contributed by atoms with E-state index in [1.54, 1.807) is 63.9 Å². The monoisotopic (exact) mass is 420 g/mol. The van der Waals surface area contributed by atoms with Crippen LogP contribution in [0.3, 0.4) is 0 Å². The Morgan fingerprint density at radius 1 is 1.00 bits per heavy atom. The summed E-state index contributed by atoms with van der Waals surface area (Å²) in [6.45, 7) is 0. The molecule has 0 saturated carbocycles. The molecule has 4 rings (SSSR count). The molecule has 0 aliphatic rings. The van der Waals surface area contributed by atoms with Gasteiger partial charge >= 0.3 is 5.97 Å². The minimum atomic E-state index is -0.994. The lowest BCUT2D eigenvalue weighted by Gasteiger charge is -2.13. The molecule has 0 atom stereocenters. The number of ether oxygens (including phenoxy) is 3. The molecule has 0 aliphatic heterocycles. The number of aromatic carboxylic acids is 1. The van der Waals surface area contributed by atoms with Crippen molar-refractivity contribution >= 4 is 28.4 Å². The van der Waals surface area contributed by atoms with Gasteiger partial charge in [0, 0.05) is 23.5 Å². The van der Waals surface area contributed by atoms with E-state index < -0.39 is 5.97 Å². The second-order valence-electron chi connectivity index (χ2n) is 6.61. The van der Waals surface area contributed by atoms with Gasteiger partial charge < -0.3 is 29.1 Å².